The molecule has 1 aliphatic carbocycles. The first-order chi connectivity index (χ1) is 16.3. The van der Waals surface area contributed by atoms with Crippen molar-refractivity contribution < 1.29 is 9.21 Å². The predicted octanol–water partition coefficient (Wildman–Crippen LogP) is 5.51. The van der Waals surface area contributed by atoms with Crippen molar-refractivity contribution in [2.24, 2.45) is 0 Å². The zero-order chi connectivity index (χ0) is 22.2. The van der Waals surface area contributed by atoms with E-state index in [0.29, 0.717) is 16.7 Å². The Kier molecular flexibility index (Phi) is 4.96. The number of nitrogens with zero attached hydrogens (tertiary/aromatic N) is 3. The van der Waals surface area contributed by atoms with Crippen LogP contribution in [0.25, 0.3) is 28.0 Å². The van der Waals surface area contributed by atoms with Crippen molar-refractivity contribution in [3.05, 3.63) is 90.2 Å². The van der Waals surface area contributed by atoms with E-state index in [9.17, 15) is 4.79 Å². The van der Waals surface area contributed by atoms with E-state index in [1.807, 2.05) is 53.1 Å². The first-order valence-electron chi connectivity index (χ1n) is 10.8. The van der Waals surface area contributed by atoms with E-state index >= 15 is 0 Å². The number of carbonyl (C=O) groups is 1. The SMILES string of the molecule is O=C(CSc1nnc(-c2ccco2)n1-c1ccccc1)Nc1ccc2c3c(cccc13)CC2. The number of para-hydroxylation sites is 1. The Morgan fingerprint density at radius 1 is 0.939 bits per heavy atom. The summed E-state index contributed by atoms with van der Waals surface area (Å²) in [6, 6.07) is 24.0. The third-order valence-corrected chi connectivity index (χ3v) is 6.80. The lowest BCUT2D eigenvalue weighted by molar-refractivity contribution is -0.113. The fraction of sp³-hybridized carbons (Fsp3) is 0.115. The van der Waals surface area contributed by atoms with E-state index in [0.717, 1.165) is 29.6 Å². The van der Waals surface area contributed by atoms with Gasteiger partial charge >= 0.3 is 0 Å². The van der Waals surface area contributed by atoms with Crippen LogP contribution in [0.15, 0.2) is 88.6 Å². The van der Waals surface area contributed by atoms with Gasteiger partial charge in [0, 0.05) is 16.8 Å². The maximum atomic E-state index is 12.9. The van der Waals surface area contributed by atoms with Crippen molar-refractivity contribution in [3.8, 4) is 17.3 Å². The van der Waals surface area contributed by atoms with E-state index in [-0.39, 0.29) is 11.7 Å². The zero-order valence-corrected chi connectivity index (χ0v) is 18.5. The molecule has 1 N–H and O–H groups in total. The quantitative estimate of drug-likeness (QED) is 0.344. The van der Waals surface area contributed by atoms with Crippen LogP contribution in [0.2, 0.25) is 0 Å². The number of furan rings is 1. The van der Waals surface area contributed by atoms with Crippen LogP contribution < -0.4 is 5.32 Å². The molecule has 0 saturated carbocycles. The highest BCUT2D eigenvalue weighted by atomic mass is 32.2. The molecule has 0 spiro atoms. The van der Waals surface area contributed by atoms with Gasteiger partial charge in [0.15, 0.2) is 10.9 Å². The number of benzene rings is 3. The van der Waals surface area contributed by atoms with E-state index in [1.165, 1.54) is 28.3 Å². The standard InChI is InChI=1S/C26H20N4O2S/c31-23(27-21-14-13-18-12-11-17-6-4-9-20(21)24(17)18)16-33-26-29-28-25(22-10-5-15-32-22)30(26)19-7-2-1-3-8-19/h1-10,13-15H,11-12,16H2,(H,27,31). The second-order valence-corrected chi connectivity index (χ2v) is 8.85. The molecule has 33 heavy (non-hydrogen) atoms. The molecule has 0 saturated heterocycles. The summed E-state index contributed by atoms with van der Waals surface area (Å²) in [4.78, 5) is 12.9. The van der Waals surface area contributed by atoms with Crippen molar-refractivity contribution in [1.82, 2.24) is 14.8 Å². The van der Waals surface area contributed by atoms with Gasteiger partial charge in [0.1, 0.15) is 0 Å². The molecule has 6 rings (SSSR count). The number of amides is 1. The molecule has 7 heteroatoms. The summed E-state index contributed by atoms with van der Waals surface area (Å²) in [6.07, 6.45) is 3.73. The number of aromatic nitrogens is 3. The number of carbonyl (C=O) groups excluding carboxylic acids is 1. The van der Waals surface area contributed by atoms with Crippen LogP contribution in [-0.4, -0.2) is 26.4 Å². The molecule has 0 fully saturated rings. The van der Waals surface area contributed by atoms with Crippen LogP contribution in [-0.2, 0) is 17.6 Å². The fourth-order valence-corrected chi connectivity index (χ4v) is 5.16. The van der Waals surface area contributed by atoms with E-state index in [2.05, 4.69) is 39.8 Å². The summed E-state index contributed by atoms with van der Waals surface area (Å²) >= 11 is 1.35. The Labute approximate surface area is 194 Å². The van der Waals surface area contributed by atoms with Gasteiger partial charge < -0.3 is 9.73 Å². The van der Waals surface area contributed by atoms with Crippen LogP contribution in [0.3, 0.4) is 0 Å². The average molecular weight is 453 g/mol. The predicted molar refractivity (Wildman–Crippen MR) is 130 cm³/mol. The monoisotopic (exact) mass is 452 g/mol. The van der Waals surface area contributed by atoms with E-state index < -0.39 is 0 Å². The topological polar surface area (TPSA) is 73.0 Å². The lowest BCUT2D eigenvalue weighted by Crippen LogP contribution is -2.15. The number of thioether (sulfide) groups is 1. The summed E-state index contributed by atoms with van der Waals surface area (Å²) in [5.74, 6) is 1.35. The number of hydrogen-bond acceptors (Lipinski definition) is 5. The smallest absolute Gasteiger partial charge is 0.234 e. The highest BCUT2D eigenvalue weighted by Gasteiger charge is 2.20. The molecule has 6 nitrogen and oxygen atoms in total. The van der Waals surface area contributed by atoms with Crippen molar-refractivity contribution in [2.45, 2.75) is 18.0 Å². The van der Waals surface area contributed by atoms with Gasteiger partial charge in [-0.1, -0.05) is 54.2 Å². The molecule has 3 aromatic carbocycles. The number of nitrogens with one attached hydrogen (secondary N) is 1. The molecule has 0 radical (unpaired) electrons. The van der Waals surface area contributed by atoms with Crippen LogP contribution in [0.1, 0.15) is 11.1 Å². The second kappa shape index (κ2) is 8.26. The molecular formula is C26H20N4O2S. The Morgan fingerprint density at radius 3 is 2.61 bits per heavy atom. The van der Waals surface area contributed by atoms with Gasteiger partial charge in [-0.15, -0.1) is 10.2 Å². The fourth-order valence-electron chi connectivity index (χ4n) is 4.41. The summed E-state index contributed by atoms with van der Waals surface area (Å²) in [5.41, 5.74) is 4.47. The van der Waals surface area contributed by atoms with Gasteiger partial charge in [-0.2, -0.15) is 0 Å². The van der Waals surface area contributed by atoms with E-state index in [1.54, 1.807) is 6.26 Å². The van der Waals surface area contributed by atoms with Crippen LogP contribution in [0, 0.1) is 0 Å². The molecule has 0 bridgehead atoms. The Balaban J connectivity index is 1.25. The Hall–Kier alpha value is -3.84. The molecule has 1 aliphatic rings. The van der Waals surface area contributed by atoms with Crippen LogP contribution in [0.5, 0.6) is 0 Å². The van der Waals surface area contributed by atoms with Crippen LogP contribution >= 0.6 is 11.8 Å². The first kappa shape index (κ1) is 19.8. The normalized spacial score (nSPS) is 12.4. The average Bonchev–Trinajstić information content (AvgIpc) is 3.60. The molecule has 0 unspecified atom stereocenters. The van der Waals surface area contributed by atoms with Crippen molar-refractivity contribution >= 4 is 34.1 Å². The summed E-state index contributed by atoms with van der Waals surface area (Å²) in [7, 11) is 0. The van der Waals surface area contributed by atoms with E-state index in [4.69, 9.17) is 4.42 Å². The molecule has 2 heterocycles. The maximum Gasteiger partial charge on any atom is 0.234 e. The lowest BCUT2D eigenvalue weighted by atomic mass is 10.0. The van der Waals surface area contributed by atoms with Gasteiger partial charge in [0.25, 0.3) is 0 Å². The first-order valence-corrected chi connectivity index (χ1v) is 11.8. The molecule has 0 atom stereocenters. The van der Waals surface area contributed by atoms with Crippen molar-refractivity contribution in [3.63, 3.8) is 0 Å². The molecule has 0 aliphatic heterocycles. The molecular weight excluding hydrogens is 432 g/mol. The molecule has 2 aromatic heterocycles. The number of anilines is 1. The third-order valence-electron chi connectivity index (χ3n) is 5.87. The highest BCUT2D eigenvalue weighted by molar-refractivity contribution is 7.99. The maximum absolute atomic E-state index is 12.9. The largest absolute Gasteiger partial charge is 0.461 e. The van der Waals surface area contributed by atoms with Crippen molar-refractivity contribution in [1.29, 1.82) is 0 Å². The minimum Gasteiger partial charge on any atom is -0.461 e. The number of rotatable bonds is 6. The summed E-state index contributed by atoms with van der Waals surface area (Å²) < 4.78 is 7.47. The van der Waals surface area contributed by atoms with Gasteiger partial charge in [0.05, 0.1) is 12.0 Å². The molecule has 1 amide bonds. The summed E-state index contributed by atoms with van der Waals surface area (Å²) in [5, 5.41) is 14.8. The molecule has 162 valence electrons. The van der Waals surface area contributed by atoms with Gasteiger partial charge in [-0.25, -0.2) is 0 Å². The van der Waals surface area contributed by atoms with Crippen LogP contribution in [0.4, 0.5) is 5.69 Å². The second-order valence-electron chi connectivity index (χ2n) is 7.90. The van der Waals surface area contributed by atoms with Gasteiger partial charge in [-0.3, -0.25) is 9.36 Å². The number of hydrogen-bond donors (Lipinski definition) is 1. The summed E-state index contributed by atoms with van der Waals surface area (Å²) in [6.45, 7) is 0. The van der Waals surface area contributed by atoms with Crippen molar-refractivity contribution in [2.75, 3.05) is 11.1 Å². The minimum atomic E-state index is -0.0825. The Bertz CT molecular complexity index is 1450. The van der Waals surface area contributed by atoms with Gasteiger partial charge in [-0.05, 0) is 59.7 Å². The Morgan fingerprint density at radius 2 is 1.79 bits per heavy atom. The third kappa shape index (κ3) is 3.60. The highest BCUT2D eigenvalue weighted by Crippen LogP contribution is 2.35. The van der Waals surface area contributed by atoms with Gasteiger partial charge in [0.2, 0.25) is 11.7 Å². The zero-order valence-electron chi connectivity index (χ0n) is 17.7. The minimum absolute atomic E-state index is 0.0825. The molecule has 5 aromatic rings. The lowest BCUT2D eigenvalue weighted by Gasteiger charge is -2.11. The number of aryl methyl sites for hydroxylation is 2.